The summed E-state index contributed by atoms with van der Waals surface area (Å²) in [5.41, 5.74) is 7.45. The van der Waals surface area contributed by atoms with Gasteiger partial charge in [0.15, 0.2) is 0 Å². The summed E-state index contributed by atoms with van der Waals surface area (Å²) >= 11 is 0. The third-order valence-corrected chi connectivity index (χ3v) is 3.36. The number of nitrogens with two attached hydrogens (primary N) is 1. The first-order chi connectivity index (χ1) is 8.63. The predicted octanol–water partition coefficient (Wildman–Crippen LogP) is 2.45. The molecule has 1 aromatic carbocycles. The summed E-state index contributed by atoms with van der Waals surface area (Å²) in [5, 5.41) is 0. The Balaban J connectivity index is 2.82. The van der Waals surface area contributed by atoms with Gasteiger partial charge in [-0.2, -0.15) is 0 Å². The molecule has 1 unspecified atom stereocenters. The second kappa shape index (κ2) is 7.17. The van der Waals surface area contributed by atoms with Crippen molar-refractivity contribution in [1.82, 2.24) is 4.90 Å². The van der Waals surface area contributed by atoms with Crippen LogP contribution in [0.4, 0.5) is 0 Å². The van der Waals surface area contributed by atoms with Crippen LogP contribution in [0.15, 0.2) is 24.3 Å². The SMILES string of the molecule is CCC(C)N(CC)C(=O)c1ccc(CCN)cc1. The van der Waals surface area contributed by atoms with E-state index in [0.29, 0.717) is 6.54 Å². The Kier molecular flexibility index (Phi) is 5.86. The van der Waals surface area contributed by atoms with Crippen molar-refractivity contribution in [2.75, 3.05) is 13.1 Å². The maximum absolute atomic E-state index is 12.3. The van der Waals surface area contributed by atoms with E-state index in [1.807, 2.05) is 36.1 Å². The average Bonchev–Trinajstić information content (AvgIpc) is 2.40. The molecule has 100 valence electrons. The van der Waals surface area contributed by atoms with E-state index >= 15 is 0 Å². The highest BCUT2D eigenvalue weighted by Crippen LogP contribution is 2.12. The Labute approximate surface area is 110 Å². The van der Waals surface area contributed by atoms with Gasteiger partial charge in [0.1, 0.15) is 0 Å². The van der Waals surface area contributed by atoms with Gasteiger partial charge < -0.3 is 10.6 Å². The summed E-state index contributed by atoms with van der Waals surface area (Å²) in [4.78, 5) is 14.3. The second-order valence-electron chi connectivity index (χ2n) is 4.58. The highest BCUT2D eigenvalue weighted by molar-refractivity contribution is 5.94. The van der Waals surface area contributed by atoms with Crippen molar-refractivity contribution in [2.45, 2.75) is 39.7 Å². The number of carbonyl (C=O) groups excluding carboxylic acids is 1. The lowest BCUT2D eigenvalue weighted by atomic mass is 10.1. The van der Waals surface area contributed by atoms with Gasteiger partial charge in [0, 0.05) is 18.2 Å². The molecule has 0 heterocycles. The van der Waals surface area contributed by atoms with Crippen molar-refractivity contribution in [3.05, 3.63) is 35.4 Å². The van der Waals surface area contributed by atoms with Crippen LogP contribution in [0.3, 0.4) is 0 Å². The lowest BCUT2D eigenvalue weighted by Crippen LogP contribution is -2.38. The van der Waals surface area contributed by atoms with Gasteiger partial charge in [-0.15, -0.1) is 0 Å². The molecule has 0 aromatic heterocycles. The Hall–Kier alpha value is -1.35. The molecule has 0 aliphatic rings. The topological polar surface area (TPSA) is 46.3 Å². The van der Waals surface area contributed by atoms with Gasteiger partial charge in [0.25, 0.3) is 5.91 Å². The zero-order chi connectivity index (χ0) is 13.5. The highest BCUT2D eigenvalue weighted by atomic mass is 16.2. The molecular weight excluding hydrogens is 224 g/mol. The van der Waals surface area contributed by atoms with Crippen LogP contribution in [0.25, 0.3) is 0 Å². The maximum atomic E-state index is 12.3. The van der Waals surface area contributed by atoms with Crippen molar-refractivity contribution >= 4 is 5.91 Å². The molecule has 2 N–H and O–H groups in total. The zero-order valence-corrected chi connectivity index (χ0v) is 11.6. The first kappa shape index (κ1) is 14.7. The number of amides is 1. The van der Waals surface area contributed by atoms with Crippen molar-refractivity contribution in [2.24, 2.45) is 5.73 Å². The van der Waals surface area contributed by atoms with Gasteiger partial charge in [-0.1, -0.05) is 19.1 Å². The van der Waals surface area contributed by atoms with Crippen molar-refractivity contribution < 1.29 is 4.79 Å². The lowest BCUT2D eigenvalue weighted by Gasteiger charge is -2.27. The fraction of sp³-hybridized carbons (Fsp3) is 0.533. The van der Waals surface area contributed by atoms with Crippen LogP contribution in [0.5, 0.6) is 0 Å². The largest absolute Gasteiger partial charge is 0.336 e. The van der Waals surface area contributed by atoms with E-state index in [2.05, 4.69) is 13.8 Å². The molecule has 3 heteroatoms. The quantitative estimate of drug-likeness (QED) is 0.840. The Morgan fingerprint density at radius 2 is 1.89 bits per heavy atom. The fourth-order valence-electron chi connectivity index (χ4n) is 2.02. The minimum Gasteiger partial charge on any atom is -0.336 e. The minimum atomic E-state index is 0.117. The number of hydrogen-bond acceptors (Lipinski definition) is 2. The van der Waals surface area contributed by atoms with E-state index in [9.17, 15) is 4.79 Å². The van der Waals surface area contributed by atoms with Gasteiger partial charge in [-0.05, 0) is 50.9 Å². The summed E-state index contributed by atoms with van der Waals surface area (Å²) in [6.45, 7) is 7.60. The van der Waals surface area contributed by atoms with Crippen LogP contribution < -0.4 is 5.73 Å². The molecule has 0 saturated carbocycles. The molecule has 0 radical (unpaired) electrons. The molecule has 0 spiro atoms. The third-order valence-electron chi connectivity index (χ3n) is 3.36. The molecule has 3 nitrogen and oxygen atoms in total. The lowest BCUT2D eigenvalue weighted by molar-refractivity contribution is 0.0700. The number of nitrogens with zero attached hydrogens (tertiary/aromatic N) is 1. The summed E-state index contributed by atoms with van der Waals surface area (Å²) < 4.78 is 0. The van der Waals surface area contributed by atoms with E-state index < -0.39 is 0 Å². The van der Waals surface area contributed by atoms with Crippen LogP contribution in [-0.2, 0) is 6.42 Å². The van der Waals surface area contributed by atoms with Gasteiger partial charge >= 0.3 is 0 Å². The maximum Gasteiger partial charge on any atom is 0.254 e. The molecule has 18 heavy (non-hydrogen) atoms. The molecule has 0 fully saturated rings. The molecule has 1 atom stereocenters. The molecule has 0 bridgehead atoms. The summed E-state index contributed by atoms with van der Waals surface area (Å²) in [7, 11) is 0. The van der Waals surface area contributed by atoms with E-state index in [1.165, 1.54) is 5.56 Å². The Morgan fingerprint density at radius 1 is 1.28 bits per heavy atom. The van der Waals surface area contributed by atoms with Crippen LogP contribution in [0, 0.1) is 0 Å². The highest BCUT2D eigenvalue weighted by Gasteiger charge is 2.18. The first-order valence-corrected chi connectivity index (χ1v) is 6.74. The second-order valence-corrected chi connectivity index (χ2v) is 4.58. The first-order valence-electron chi connectivity index (χ1n) is 6.74. The molecule has 1 amide bonds. The zero-order valence-electron chi connectivity index (χ0n) is 11.6. The average molecular weight is 248 g/mol. The van der Waals surface area contributed by atoms with Gasteiger partial charge in [0.05, 0.1) is 0 Å². The summed E-state index contributed by atoms with van der Waals surface area (Å²) in [5.74, 6) is 0.117. The van der Waals surface area contributed by atoms with E-state index in [4.69, 9.17) is 5.73 Å². The standard InChI is InChI=1S/C15H24N2O/c1-4-12(3)17(5-2)15(18)14-8-6-13(7-9-14)10-11-16/h6-9,12H,4-5,10-11,16H2,1-3H3. The normalized spacial score (nSPS) is 12.2. The van der Waals surface area contributed by atoms with Crippen LogP contribution in [0.2, 0.25) is 0 Å². The monoisotopic (exact) mass is 248 g/mol. The third kappa shape index (κ3) is 3.57. The van der Waals surface area contributed by atoms with Crippen LogP contribution in [0.1, 0.15) is 43.1 Å². The molecule has 1 aromatic rings. The van der Waals surface area contributed by atoms with Crippen molar-refractivity contribution in [3.8, 4) is 0 Å². The van der Waals surface area contributed by atoms with E-state index in [-0.39, 0.29) is 11.9 Å². The number of hydrogen-bond donors (Lipinski definition) is 1. The predicted molar refractivity (Wildman–Crippen MR) is 75.7 cm³/mol. The number of benzene rings is 1. The van der Waals surface area contributed by atoms with Gasteiger partial charge in [-0.25, -0.2) is 0 Å². The number of rotatable bonds is 6. The van der Waals surface area contributed by atoms with Gasteiger partial charge in [-0.3, -0.25) is 4.79 Å². The van der Waals surface area contributed by atoms with Crippen LogP contribution in [-0.4, -0.2) is 29.9 Å². The van der Waals surface area contributed by atoms with E-state index in [1.54, 1.807) is 0 Å². The summed E-state index contributed by atoms with van der Waals surface area (Å²) in [6.07, 6.45) is 1.84. The fourth-order valence-corrected chi connectivity index (χ4v) is 2.02. The van der Waals surface area contributed by atoms with Gasteiger partial charge in [0.2, 0.25) is 0 Å². The molecule has 0 aliphatic heterocycles. The molecule has 0 aliphatic carbocycles. The number of carbonyl (C=O) groups is 1. The van der Waals surface area contributed by atoms with Crippen LogP contribution >= 0.6 is 0 Å². The minimum absolute atomic E-state index is 0.117. The Morgan fingerprint density at radius 3 is 2.33 bits per heavy atom. The van der Waals surface area contributed by atoms with Crippen molar-refractivity contribution in [3.63, 3.8) is 0 Å². The van der Waals surface area contributed by atoms with E-state index in [0.717, 1.165) is 24.9 Å². The smallest absolute Gasteiger partial charge is 0.254 e. The molecular formula is C15H24N2O. The van der Waals surface area contributed by atoms with Crippen molar-refractivity contribution in [1.29, 1.82) is 0 Å². The molecule has 0 saturated heterocycles. The molecule has 1 rings (SSSR count). The summed E-state index contributed by atoms with van der Waals surface area (Å²) in [6, 6.07) is 8.07. The Bertz CT molecular complexity index is 373.